The van der Waals surface area contributed by atoms with E-state index in [1.807, 2.05) is 12.4 Å². The minimum absolute atomic E-state index is 0.821. The minimum Gasteiger partial charge on any atom is -0.244 e. The Labute approximate surface area is 412 Å². The molecule has 0 N–H and O–H groups in total. The fraction of sp³-hybridized carbons (Fsp3) is 0.0189. The number of rotatable bonds is 7. The van der Waals surface area contributed by atoms with E-state index in [0.29, 0.717) is 0 Å². The quantitative estimate of drug-likeness (QED) is 0.0388. The zero-order valence-corrected chi connectivity index (χ0v) is 37.2. The third-order valence-corrected chi connectivity index (χ3v) is 12.7. The molecule has 2 nitrogen and oxygen atoms in total. The first-order valence-electron chi connectivity index (χ1n) is 21.5. The Morgan fingerprint density at radius 2 is 0.658 bits per heavy atom. The highest BCUT2D eigenvalue weighted by molar-refractivity contribution is 7.20. The molecule has 23 heteroatoms. The second-order valence-electron chi connectivity index (χ2n) is 16.8. The first-order chi connectivity index (χ1) is 36.1. The third kappa shape index (κ3) is 8.09. The van der Waals surface area contributed by atoms with Gasteiger partial charge in [0.1, 0.15) is 58.4 Å². The first-order valence-corrected chi connectivity index (χ1v) is 21.5. The summed E-state index contributed by atoms with van der Waals surface area (Å²) in [5.41, 5.74) is -10.9. The first kappa shape index (κ1) is 52.4. The van der Waals surface area contributed by atoms with Gasteiger partial charge in [-0.1, -0.05) is 78.9 Å². The van der Waals surface area contributed by atoms with E-state index in [9.17, 15) is 52.7 Å². The Morgan fingerprint density at radius 1 is 0.329 bits per heavy atom. The zero-order chi connectivity index (χ0) is 55.0. The Kier molecular flexibility index (Phi) is 13.5. The topological polar surface area (TPSA) is 16.8 Å². The summed E-state index contributed by atoms with van der Waals surface area (Å²) in [5, 5.41) is 7.46. The van der Waals surface area contributed by atoms with Crippen molar-refractivity contribution in [3.05, 3.63) is 238 Å². The van der Waals surface area contributed by atoms with Gasteiger partial charge in [-0.3, -0.25) is 0 Å². The Bertz CT molecular complexity index is 3660. The van der Waals surface area contributed by atoms with E-state index in [0.717, 1.165) is 12.2 Å². The molecule has 0 saturated heterocycles. The Morgan fingerprint density at radius 3 is 1.07 bits per heavy atom. The Hall–Kier alpha value is -8.50. The van der Waals surface area contributed by atoms with E-state index in [1.54, 1.807) is 0 Å². The summed E-state index contributed by atoms with van der Waals surface area (Å²) in [6, 6.07) is 34.6. The van der Waals surface area contributed by atoms with E-state index in [4.69, 9.17) is 4.98 Å². The summed E-state index contributed by atoms with van der Waals surface area (Å²) in [5.74, 6) is -71.4. The van der Waals surface area contributed by atoms with Crippen LogP contribution in [0.1, 0.15) is 5.56 Å². The van der Waals surface area contributed by atoms with Crippen LogP contribution in [0.2, 0.25) is 0 Å². The van der Waals surface area contributed by atoms with Gasteiger partial charge in [0.2, 0.25) is 0 Å². The summed E-state index contributed by atoms with van der Waals surface area (Å²) in [6.07, 6.45) is -1.10. The number of nitrogens with zero attached hydrogens (tertiary/aromatic N) is 2. The molecule has 1 heterocycles. The van der Waals surface area contributed by atoms with Gasteiger partial charge < -0.3 is 0 Å². The molecule has 0 amide bonds. The van der Waals surface area contributed by atoms with Crippen LogP contribution in [-0.4, -0.2) is 11.1 Å². The molecular formula is C53H21BF20N2. The van der Waals surface area contributed by atoms with Gasteiger partial charge in [-0.05, 0) is 50.5 Å². The number of fused-ring (bicyclic) bond motifs is 3. The van der Waals surface area contributed by atoms with Crippen molar-refractivity contribution in [3.8, 4) is 11.3 Å². The van der Waals surface area contributed by atoms with Gasteiger partial charge in [0.25, 0.3) is 0 Å². The fourth-order valence-corrected chi connectivity index (χ4v) is 9.36. The van der Waals surface area contributed by atoms with Crippen LogP contribution >= 0.6 is 0 Å². The fourth-order valence-electron chi connectivity index (χ4n) is 9.36. The maximum absolute atomic E-state index is 15.4. The molecule has 0 bridgehead atoms. The summed E-state index contributed by atoms with van der Waals surface area (Å²) in [4.78, 5) is 4.81. The molecule has 0 saturated carbocycles. The number of benzene rings is 9. The molecule has 0 radical (unpaired) electrons. The zero-order valence-electron chi connectivity index (χ0n) is 37.2. The summed E-state index contributed by atoms with van der Waals surface area (Å²) >= 11 is 0. The molecule has 0 aliphatic heterocycles. The molecule has 0 spiro atoms. The SMILES string of the molecule is Fc1c(F)c(F)c([B-](c2c(F)c(F)c(F)c(F)c2F)(c2c(F)c(F)c(F)c(F)c2F)c2c(F)c(F)c(F)c(F)c2F)c(F)c1F.c1ccc(C[n+]2ccnc(-c3c4ccccc4cc4cc5ccccc5cc34)c2)cc1. The van der Waals surface area contributed by atoms with Gasteiger partial charge in [0.05, 0.1) is 6.20 Å². The van der Waals surface area contributed by atoms with Crippen LogP contribution in [0, 0.1) is 116 Å². The number of hydrogen-bond donors (Lipinski definition) is 0. The highest BCUT2D eigenvalue weighted by Gasteiger charge is 2.52. The van der Waals surface area contributed by atoms with Crippen molar-refractivity contribution in [3.63, 3.8) is 0 Å². The molecule has 386 valence electrons. The predicted molar refractivity (Wildman–Crippen MR) is 237 cm³/mol. The predicted octanol–water partition coefficient (Wildman–Crippen LogP) is 12.4. The summed E-state index contributed by atoms with van der Waals surface area (Å²) in [6.45, 7) is 0.821. The number of aromatic nitrogens is 2. The highest BCUT2D eigenvalue weighted by atomic mass is 19.2. The lowest BCUT2D eigenvalue weighted by Crippen LogP contribution is -2.81. The van der Waals surface area contributed by atoms with E-state index in [1.165, 1.54) is 43.4 Å². The van der Waals surface area contributed by atoms with Crippen molar-refractivity contribution in [2.45, 2.75) is 6.54 Å². The lowest BCUT2D eigenvalue weighted by atomic mass is 9.12. The molecule has 0 atom stereocenters. The van der Waals surface area contributed by atoms with Gasteiger partial charge in [-0.15, -0.1) is 21.9 Å². The molecule has 76 heavy (non-hydrogen) atoms. The molecule has 10 aromatic rings. The van der Waals surface area contributed by atoms with Crippen LogP contribution < -0.4 is 26.4 Å². The van der Waals surface area contributed by atoms with Crippen molar-refractivity contribution in [1.29, 1.82) is 0 Å². The maximum Gasteiger partial charge on any atom is 0.200 e. The van der Waals surface area contributed by atoms with Gasteiger partial charge in [-0.2, -0.15) is 4.57 Å². The molecule has 0 unspecified atom stereocenters. The minimum atomic E-state index is -7.22. The third-order valence-electron chi connectivity index (χ3n) is 12.7. The van der Waals surface area contributed by atoms with Crippen LogP contribution in [0.4, 0.5) is 87.8 Å². The van der Waals surface area contributed by atoms with Gasteiger partial charge in [0, 0.05) is 11.1 Å². The van der Waals surface area contributed by atoms with Crippen molar-refractivity contribution < 1.29 is 92.4 Å². The Balaban J connectivity index is 0.000000197. The van der Waals surface area contributed by atoms with Crippen molar-refractivity contribution >= 4 is 60.3 Å². The van der Waals surface area contributed by atoms with E-state index in [-0.39, 0.29) is 0 Å². The lowest BCUT2D eigenvalue weighted by Gasteiger charge is -2.44. The second kappa shape index (κ2) is 19.7. The standard InChI is InChI=1S/C29H21N2.C24BF20/c1-2-8-21(9-3-1)19-31-15-14-30-28(20-31)29-26-13-7-6-12-24(26)17-25-16-22-10-4-5-11-23(22)18-27(25)29;26-5-1(6(27)14(35)21(42)13(5)34)25(2-7(28)15(36)22(43)16(37)8(2)29,3-9(30)17(38)23(44)18(39)10(3)31)4-11(32)19(40)24(45)20(41)12(4)33/h1-18,20H,19H2;/q+1;-1. The number of halogens is 20. The van der Waals surface area contributed by atoms with Gasteiger partial charge in [-0.25, -0.2) is 92.8 Å². The van der Waals surface area contributed by atoms with Crippen LogP contribution in [0.3, 0.4) is 0 Å². The van der Waals surface area contributed by atoms with Crippen LogP contribution in [0.5, 0.6) is 0 Å². The second-order valence-corrected chi connectivity index (χ2v) is 16.8. The summed E-state index contributed by atoms with van der Waals surface area (Å²) in [7, 11) is 0. The van der Waals surface area contributed by atoms with Crippen LogP contribution in [0.15, 0.2) is 116 Å². The summed E-state index contributed by atoms with van der Waals surface area (Å²) < 4.78 is 296. The molecule has 9 aromatic carbocycles. The molecule has 1 aromatic heterocycles. The molecule has 0 aliphatic rings. The molecule has 10 rings (SSSR count). The smallest absolute Gasteiger partial charge is 0.200 e. The molecule has 0 fully saturated rings. The average molecular weight is 1080 g/mol. The lowest BCUT2D eigenvalue weighted by molar-refractivity contribution is -0.688. The van der Waals surface area contributed by atoms with E-state index < -0.39 is 144 Å². The van der Waals surface area contributed by atoms with Crippen molar-refractivity contribution in [2.24, 2.45) is 0 Å². The normalized spacial score (nSPS) is 11.7. The van der Waals surface area contributed by atoms with Crippen LogP contribution in [-0.2, 0) is 6.54 Å². The largest absolute Gasteiger partial charge is 0.244 e. The van der Waals surface area contributed by atoms with Gasteiger partial charge in [0.15, 0.2) is 88.7 Å². The van der Waals surface area contributed by atoms with E-state index >= 15 is 35.1 Å². The maximum atomic E-state index is 15.4. The molecular weight excluding hydrogens is 1060 g/mol. The highest BCUT2D eigenvalue weighted by Crippen LogP contribution is 2.38. The monoisotopic (exact) mass is 1080 g/mol. The van der Waals surface area contributed by atoms with Crippen molar-refractivity contribution in [1.82, 2.24) is 4.98 Å². The van der Waals surface area contributed by atoms with Gasteiger partial charge >= 0.3 is 0 Å². The average Bonchev–Trinajstić information content (AvgIpc) is 3.44. The van der Waals surface area contributed by atoms with Crippen molar-refractivity contribution in [2.75, 3.05) is 0 Å². The van der Waals surface area contributed by atoms with Crippen LogP contribution in [0.25, 0.3) is 43.6 Å². The van der Waals surface area contributed by atoms with E-state index in [2.05, 4.69) is 108 Å². The molecule has 0 aliphatic carbocycles. The number of hydrogen-bond acceptors (Lipinski definition) is 1.